The molecule has 2 aromatic carbocycles. The number of nitrogens with one attached hydrogen (secondary N) is 1. The average Bonchev–Trinajstić information content (AvgIpc) is 2.62. The summed E-state index contributed by atoms with van der Waals surface area (Å²) in [7, 11) is -3.64. The van der Waals surface area contributed by atoms with E-state index in [0.717, 1.165) is 44.0 Å². The highest BCUT2D eigenvalue weighted by Gasteiger charge is 2.17. The van der Waals surface area contributed by atoms with E-state index in [2.05, 4.69) is 15.7 Å². The van der Waals surface area contributed by atoms with E-state index in [1.165, 1.54) is 6.07 Å². The topological polar surface area (TPSA) is 58.6 Å². The number of sulfonamides is 1. The number of hydrogen-bond acceptors (Lipinski definition) is 4. The lowest BCUT2D eigenvalue weighted by atomic mass is 10.1. The van der Waals surface area contributed by atoms with Crippen LogP contribution in [-0.2, 0) is 27.8 Å². The number of hydrogen-bond donors (Lipinski definition) is 1. The van der Waals surface area contributed by atoms with Crippen molar-refractivity contribution in [1.82, 2.24) is 9.62 Å². The van der Waals surface area contributed by atoms with Gasteiger partial charge in [0.1, 0.15) is 4.90 Å². The fourth-order valence-corrected chi connectivity index (χ4v) is 4.31. The van der Waals surface area contributed by atoms with E-state index in [-0.39, 0.29) is 16.5 Å². The molecule has 1 saturated heterocycles. The van der Waals surface area contributed by atoms with Crippen LogP contribution in [0, 0.1) is 0 Å². The third-order valence-electron chi connectivity index (χ3n) is 4.09. The Hall–Kier alpha value is -1.44. The number of halogens is 1. The fraction of sp³-hybridized carbons (Fsp3) is 0.333. The Morgan fingerprint density at radius 2 is 1.76 bits per heavy atom. The van der Waals surface area contributed by atoms with Crippen molar-refractivity contribution in [2.45, 2.75) is 18.0 Å². The molecule has 1 aliphatic heterocycles. The molecule has 7 heteroatoms. The van der Waals surface area contributed by atoms with Crippen molar-refractivity contribution in [1.29, 1.82) is 0 Å². The summed E-state index contributed by atoms with van der Waals surface area (Å²) in [6, 6.07) is 14.4. The highest BCUT2D eigenvalue weighted by atomic mass is 35.5. The first kappa shape index (κ1) is 18.4. The molecule has 134 valence electrons. The summed E-state index contributed by atoms with van der Waals surface area (Å²) in [5.74, 6) is 0. The minimum Gasteiger partial charge on any atom is -0.379 e. The van der Waals surface area contributed by atoms with Crippen molar-refractivity contribution in [3.8, 4) is 0 Å². The normalized spacial score (nSPS) is 16.0. The number of nitrogens with zero attached hydrogens (tertiary/aromatic N) is 1. The van der Waals surface area contributed by atoms with Crippen molar-refractivity contribution >= 4 is 21.6 Å². The van der Waals surface area contributed by atoms with Gasteiger partial charge in [0.05, 0.1) is 18.2 Å². The van der Waals surface area contributed by atoms with Crippen molar-refractivity contribution in [3.05, 3.63) is 64.7 Å². The summed E-state index contributed by atoms with van der Waals surface area (Å²) in [4.78, 5) is 2.43. The van der Waals surface area contributed by atoms with Gasteiger partial charge in [-0.05, 0) is 23.3 Å². The van der Waals surface area contributed by atoms with Crippen LogP contribution >= 0.6 is 11.6 Å². The van der Waals surface area contributed by atoms with Gasteiger partial charge in [0.15, 0.2) is 0 Å². The first-order chi connectivity index (χ1) is 12.0. The van der Waals surface area contributed by atoms with Gasteiger partial charge in [-0.1, -0.05) is 48.0 Å². The fourth-order valence-electron chi connectivity index (χ4n) is 2.77. The van der Waals surface area contributed by atoms with Gasteiger partial charge in [0, 0.05) is 26.2 Å². The molecule has 0 unspecified atom stereocenters. The summed E-state index contributed by atoms with van der Waals surface area (Å²) in [5, 5.41) is 0.219. The van der Waals surface area contributed by atoms with Gasteiger partial charge in [-0.2, -0.15) is 0 Å². The number of morpholine rings is 1. The Morgan fingerprint density at radius 1 is 1.04 bits per heavy atom. The van der Waals surface area contributed by atoms with E-state index in [1.54, 1.807) is 18.2 Å². The zero-order valence-corrected chi connectivity index (χ0v) is 15.4. The molecule has 0 amide bonds. The molecule has 25 heavy (non-hydrogen) atoms. The predicted octanol–water partition coefficient (Wildman–Crippen LogP) is 2.65. The Morgan fingerprint density at radius 3 is 2.52 bits per heavy atom. The first-order valence-electron chi connectivity index (χ1n) is 8.17. The van der Waals surface area contributed by atoms with Gasteiger partial charge in [-0.3, -0.25) is 4.90 Å². The molecule has 1 heterocycles. The van der Waals surface area contributed by atoms with Crippen LogP contribution in [0.2, 0.25) is 5.02 Å². The highest BCUT2D eigenvalue weighted by Crippen LogP contribution is 2.20. The minimum atomic E-state index is -3.64. The second-order valence-corrected chi connectivity index (χ2v) is 8.11. The summed E-state index contributed by atoms with van der Waals surface area (Å²) in [5.41, 5.74) is 2.08. The van der Waals surface area contributed by atoms with E-state index < -0.39 is 10.0 Å². The largest absolute Gasteiger partial charge is 0.379 e. The zero-order chi connectivity index (χ0) is 17.7. The van der Waals surface area contributed by atoms with E-state index in [9.17, 15) is 8.42 Å². The second-order valence-electron chi connectivity index (χ2n) is 5.96. The SMILES string of the molecule is O=S(=O)(NCc1cccc(CN2CCOCC2)c1)c1ccccc1Cl. The van der Waals surface area contributed by atoms with Crippen molar-refractivity contribution < 1.29 is 13.2 Å². The lowest BCUT2D eigenvalue weighted by Gasteiger charge is -2.26. The van der Waals surface area contributed by atoms with Crippen molar-refractivity contribution in [2.75, 3.05) is 26.3 Å². The Balaban J connectivity index is 1.65. The molecule has 0 bridgehead atoms. The molecule has 1 N–H and O–H groups in total. The Labute approximate surface area is 153 Å². The van der Waals surface area contributed by atoms with E-state index >= 15 is 0 Å². The van der Waals surface area contributed by atoms with Crippen LogP contribution in [0.4, 0.5) is 0 Å². The van der Waals surface area contributed by atoms with Gasteiger partial charge < -0.3 is 4.74 Å². The molecule has 5 nitrogen and oxygen atoms in total. The van der Waals surface area contributed by atoms with Gasteiger partial charge in [0.2, 0.25) is 10.0 Å². The van der Waals surface area contributed by atoms with E-state index in [1.807, 2.05) is 18.2 Å². The standard InChI is InChI=1S/C18H21ClN2O3S/c19-17-6-1-2-7-18(17)25(22,23)20-13-15-4-3-5-16(12-15)14-21-8-10-24-11-9-21/h1-7,12,20H,8-11,13-14H2. The van der Waals surface area contributed by atoms with Crippen molar-refractivity contribution in [3.63, 3.8) is 0 Å². The maximum atomic E-state index is 12.4. The molecule has 0 atom stereocenters. The predicted molar refractivity (Wildman–Crippen MR) is 98.0 cm³/mol. The molecule has 0 spiro atoms. The molecule has 0 aliphatic carbocycles. The van der Waals surface area contributed by atoms with Crippen LogP contribution in [0.1, 0.15) is 11.1 Å². The Kier molecular flexibility index (Phi) is 6.09. The van der Waals surface area contributed by atoms with Crippen LogP contribution in [-0.4, -0.2) is 39.6 Å². The monoisotopic (exact) mass is 380 g/mol. The summed E-state index contributed by atoms with van der Waals surface area (Å²) in [6.45, 7) is 4.43. The third-order valence-corrected chi connectivity index (χ3v) is 5.99. The van der Waals surface area contributed by atoms with Crippen LogP contribution in [0.15, 0.2) is 53.4 Å². The molecule has 2 aromatic rings. The third kappa shape index (κ3) is 5.03. The molecular weight excluding hydrogens is 360 g/mol. The van der Waals surface area contributed by atoms with E-state index in [0.29, 0.717) is 0 Å². The summed E-state index contributed by atoms with van der Waals surface area (Å²) >= 11 is 5.99. The average molecular weight is 381 g/mol. The van der Waals surface area contributed by atoms with Crippen LogP contribution in [0.25, 0.3) is 0 Å². The second kappa shape index (κ2) is 8.29. The first-order valence-corrected chi connectivity index (χ1v) is 10.0. The van der Waals surface area contributed by atoms with Crippen LogP contribution in [0.3, 0.4) is 0 Å². The molecule has 0 radical (unpaired) electrons. The number of ether oxygens (including phenoxy) is 1. The number of rotatable bonds is 6. The molecule has 0 aromatic heterocycles. The molecule has 1 aliphatic rings. The lowest BCUT2D eigenvalue weighted by Crippen LogP contribution is -2.35. The molecule has 0 saturated carbocycles. The summed E-state index contributed by atoms with van der Waals surface area (Å²) in [6.07, 6.45) is 0. The molecular formula is C18H21ClN2O3S. The summed E-state index contributed by atoms with van der Waals surface area (Å²) < 4.78 is 32.8. The zero-order valence-electron chi connectivity index (χ0n) is 13.8. The lowest BCUT2D eigenvalue weighted by molar-refractivity contribution is 0.0342. The quantitative estimate of drug-likeness (QED) is 0.837. The van der Waals surface area contributed by atoms with Gasteiger partial charge in [-0.25, -0.2) is 13.1 Å². The minimum absolute atomic E-state index is 0.0983. The molecule has 3 rings (SSSR count). The van der Waals surface area contributed by atoms with Crippen molar-refractivity contribution in [2.24, 2.45) is 0 Å². The smallest absolute Gasteiger partial charge is 0.242 e. The maximum Gasteiger partial charge on any atom is 0.242 e. The number of benzene rings is 2. The van der Waals surface area contributed by atoms with E-state index in [4.69, 9.17) is 16.3 Å². The Bertz CT molecular complexity index is 821. The maximum absolute atomic E-state index is 12.4. The van der Waals surface area contributed by atoms with Gasteiger partial charge >= 0.3 is 0 Å². The van der Waals surface area contributed by atoms with Gasteiger partial charge in [0.25, 0.3) is 0 Å². The van der Waals surface area contributed by atoms with Crippen LogP contribution in [0.5, 0.6) is 0 Å². The van der Waals surface area contributed by atoms with Gasteiger partial charge in [-0.15, -0.1) is 0 Å². The van der Waals surface area contributed by atoms with Crippen LogP contribution < -0.4 is 4.72 Å². The molecule has 1 fully saturated rings. The highest BCUT2D eigenvalue weighted by molar-refractivity contribution is 7.89.